The molecule has 2 rings (SSSR count). The molecular formula is C12H15FN4O2S. The first kappa shape index (κ1) is 14.5. The number of aromatic nitrogens is 2. The molecule has 0 amide bonds. The number of benzene rings is 1. The van der Waals surface area contributed by atoms with Crippen LogP contribution in [0.3, 0.4) is 0 Å². The molecule has 6 nitrogen and oxygen atoms in total. The number of sulfonamides is 1. The van der Waals surface area contributed by atoms with Crippen LogP contribution in [-0.4, -0.2) is 24.7 Å². The molecule has 0 bridgehead atoms. The van der Waals surface area contributed by atoms with Crippen LogP contribution in [0.5, 0.6) is 0 Å². The monoisotopic (exact) mass is 298 g/mol. The lowest BCUT2D eigenvalue weighted by Crippen LogP contribution is -2.28. The quantitative estimate of drug-likeness (QED) is 0.802. The summed E-state index contributed by atoms with van der Waals surface area (Å²) in [5.74, 6) is -0.816. The van der Waals surface area contributed by atoms with E-state index in [-0.39, 0.29) is 12.2 Å². The number of nitrogen functional groups attached to an aromatic ring is 1. The van der Waals surface area contributed by atoms with Crippen LogP contribution in [0.2, 0.25) is 0 Å². The number of nitrogens with one attached hydrogen (secondary N) is 1. The van der Waals surface area contributed by atoms with Gasteiger partial charge < -0.3 is 5.73 Å². The van der Waals surface area contributed by atoms with E-state index in [1.165, 1.54) is 0 Å². The molecule has 1 heterocycles. The first-order valence-electron chi connectivity index (χ1n) is 5.93. The zero-order valence-electron chi connectivity index (χ0n) is 10.9. The van der Waals surface area contributed by atoms with Crippen LogP contribution in [0, 0.1) is 12.7 Å². The normalized spacial score (nSPS) is 11.7. The minimum absolute atomic E-state index is 0.108. The third kappa shape index (κ3) is 3.14. The molecule has 8 heteroatoms. The number of rotatable bonds is 5. The van der Waals surface area contributed by atoms with Gasteiger partial charge in [0.1, 0.15) is 10.7 Å². The van der Waals surface area contributed by atoms with Crippen LogP contribution in [0.25, 0.3) is 0 Å². The molecule has 0 saturated carbocycles. The van der Waals surface area contributed by atoms with Crippen LogP contribution in [-0.2, 0) is 16.6 Å². The summed E-state index contributed by atoms with van der Waals surface area (Å²) >= 11 is 0. The summed E-state index contributed by atoms with van der Waals surface area (Å²) in [5.41, 5.74) is 6.35. The van der Waals surface area contributed by atoms with E-state index in [2.05, 4.69) is 9.82 Å². The second kappa shape index (κ2) is 5.59. The smallest absolute Gasteiger partial charge is 0.243 e. The average Bonchev–Trinajstić information content (AvgIpc) is 2.86. The zero-order chi connectivity index (χ0) is 14.8. The predicted molar refractivity (Wildman–Crippen MR) is 73.0 cm³/mol. The van der Waals surface area contributed by atoms with E-state index >= 15 is 0 Å². The molecule has 0 spiro atoms. The van der Waals surface area contributed by atoms with Gasteiger partial charge >= 0.3 is 0 Å². The average molecular weight is 298 g/mol. The summed E-state index contributed by atoms with van der Waals surface area (Å²) < 4.78 is 41.6. The van der Waals surface area contributed by atoms with Gasteiger partial charge in [-0.1, -0.05) is 0 Å². The van der Waals surface area contributed by atoms with Gasteiger partial charge in [-0.3, -0.25) is 4.68 Å². The first-order valence-corrected chi connectivity index (χ1v) is 7.41. The Balaban J connectivity index is 2.12. The van der Waals surface area contributed by atoms with Crippen molar-refractivity contribution >= 4 is 15.7 Å². The maximum atomic E-state index is 13.7. The molecule has 0 aliphatic rings. The lowest BCUT2D eigenvalue weighted by Gasteiger charge is -2.10. The minimum atomic E-state index is -3.93. The Morgan fingerprint density at radius 2 is 2.20 bits per heavy atom. The molecule has 0 saturated heterocycles. The molecule has 0 atom stereocenters. The topological polar surface area (TPSA) is 90.0 Å². The highest BCUT2D eigenvalue weighted by atomic mass is 32.2. The zero-order valence-corrected chi connectivity index (χ0v) is 11.7. The van der Waals surface area contributed by atoms with Crippen molar-refractivity contribution in [1.82, 2.24) is 14.5 Å². The highest BCUT2D eigenvalue weighted by Gasteiger charge is 2.19. The molecule has 3 N–H and O–H groups in total. The number of nitrogens with two attached hydrogens (primary N) is 1. The van der Waals surface area contributed by atoms with Gasteiger partial charge in [0, 0.05) is 24.6 Å². The highest BCUT2D eigenvalue weighted by Crippen LogP contribution is 2.21. The molecule has 0 radical (unpaired) electrons. The second-order valence-corrected chi connectivity index (χ2v) is 6.04. The number of aryl methyl sites for hydroxylation is 1. The van der Waals surface area contributed by atoms with Gasteiger partial charge in [0.15, 0.2) is 0 Å². The number of nitrogens with zero attached hydrogens (tertiary/aromatic N) is 2. The van der Waals surface area contributed by atoms with Gasteiger partial charge in [0.25, 0.3) is 0 Å². The van der Waals surface area contributed by atoms with Crippen molar-refractivity contribution in [3.05, 3.63) is 42.0 Å². The Labute approximate surface area is 116 Å². The van der Waals surface area contributed by atoms with E-state index in [0.29, 0.717) is 12.1 Å². The van der Waals surface area contributed by atoms with Crippen molar-refractivity contribution in [3.63, 3.8) is 0 Å². The summed E-state index contributed by atoms with van der Waals surface area (Å²) in [4.78, 5) is -0.443. The van der Waals surface area contributed by atoms with Crippen molar-refractivity contribution in [2.45, 2.75) is 18.4 Å². The van der Waals surface area contributed by atoms with E-state index in [0.717, 1.165) is 12.1 Å². The number of anilines is 1. The molecule has 1 aromatic carbocycles. The summed E-state index contributed by atoms with van der Waals surface area (Å²) in [6.45, 7) is 2.08. The summed E-state index contributed by atoms with van der Waals surface area (Å²) in [7, 11) is -3.93. The van der Waals surface area contributed by atoms with E-state index in [1.54, 1.807) is 30.1 Å². The van der Waals surface area contributed by atoms with Gasteiger partial charge in [-0.2, -0.15) is 5.10 Å². The molecular weight excluding hydrogens is 283 g/mol. The summed E-state index contributed by atoms with van der Waals surface area (Å²) in [6, 6.07) is 3.97. The Kier molecular flexibility index (Phi) is 4.05. The van der Waals surface area contributed by atoms with Crippen molar-refractivity contribution in [2.24, 2.45) is 0 Å². The summed E-state index contributed by atoms with van der Waals surface area (Å²) in [5, 5.41) is 3.94. The standard InChI is InChI=1S/C12H15FN4O2S/c1-9-7-10(13)12(8-11(9)14)20(18,19)16-4-6-17-5-2-3-15-17/h2-3,5,7-8,16H,4,6,14H2,1H3. The third-order valence-corrected chi connectivity index (χ3v) is 4.28. The maximum absolute atomic E-state index is 13.7. The van der Waals surface area contributed by atoms with Gasteiger partial charge in [0.05, 0.1) is 6.54 Å². The third-order valence-electron chi connectivity index (χ3n) is 2.80. The maximum Gasteiger partial charge on any atom is 0.243 e. The number of halogens is 1. The van der Waals surface area contributed by atoms with Crippen molar-refractivity contribution in [2.75, 3.05) is 12.3 Å². The first-order chi connectivity index (χ1) is 9.40. The fraction of sp³-hybridized carbons (Fsp3) is 0.250. The Hall–Kier alpha value is -1.93. The predicted octanol–water partition coefficient (Wildman–Crippen LogP) is 0.891. The SMILES string of the molecule is Cc1cc(F)c(S(=O)(=O)NCCn2cccn2)cc1N. The lowest BCUT2D eigenvalue weighted by atomic mass is 10.2. The number of hydrogen-bond acceptors (Lipinski definition) is 4. The van der Waals surface area contributed by atoms with E-state index in [9.17, 15) is 12.8 Å². The molecule has 0 unspecified atom stereocenters. The largest absolute Gasteiger partial charge is 0.398 e. The molecule has 20 heavy (non-hydrogen) atoms. The molecule has 2 aromatic rings. The van der Waals surface area contributed by atoms with E-state index < -0.39 is 20.7 Å². The molecule has 1 aromatic heterocycles. The van der Waals surface area contributed by atoms with Crippen molar-refractivity contribution < 1.29 is 12.8 Å². The Morgan fingerprint density at radius 1 is 1.45 bits per heavy atom. The minimum Gasteiger partial charge on any atom is -0.398 e. The van der Waals surface area contributed by atoms with E-state index in [1.807, 2.05) is 0 Å². The molecule has 108 valence electrons. The van der Waals surface area contributed by atoms with Gasteiger partial charge in [0.2, 0.25) is 10.0 Å². The van der Waals surface area contributed by atoms with Crippen molar-refractivity contribution in [3.8, 4) is 0 Å². The van der Waals surface area contributed by atoms with Crippen LogP contribution >= 0.6 is 0 Å². The fourth-order valence-electron chi connectivity index (χ4n) is 1.68. The van der Waals surface area contributed by atoms with Gasteiger partial charge in [-0.05, 0) is 30.7 Å². The second-order valence-electron chi connectivity index (χ2n) is 4.31. The van der Waals surface area contributed by atoms with Crippen molar-refractivity contribution in [1.29, 1.82) is 0 Å². The van der Waals surface area contributed by atoms with E-state index in [4.69, 9.17) is 5.73 Å². The molecule has 0 fully saturated rings. The lowest BCUT2D eigenvalue weighted by molar-refractivity contribution is 0.545. The Morgan fingerprint density at radius 3 is 2.85 bits per heavy atom. The van der Waals surface area contributed by atoms with Gasteiger partial charge in [-0.25, -0.2) is 17.5 Å². The van der Waals surface area contributed by atoms with Crippen LogP contribution in [0.4, 0.5) is 10.1 Å². The van der Waals surface area contributed by atoms with Crippen LogP contribution in [0.1, 0.15) is 5.56 Å². The molecule has 0 aliphatic carbocycles. The highest BCUT2D eigenvalue weighted by molar-refractivity contribution is 7.89. The molecule has 0 aliphatic heterocycles. The fourth-order valence-corrected chi connectivity index (χ4v) is 2.79. The number of hydrogen-bond donors (Lipinski definition) is 2. The summed E-state index contributed by atoms with van der Waals surface area (Å²) in [6.07, 6.45) is 3.30. The van der Waals surface area contributed by atoms with Crippen LogP contribution < -0.4 is 10.5 Å². The Bertz CT molecular complexity index is 698. The van der Waals surface area contributed by atoms with Crippen LogP contribution in [0.15, 0.2) is 35.5 Å². The van der Waals surface area contributed by atoms with Gasteiger partial charge in [-0.15, -0.1) is 0 Å².